The van der Waals surface area contributed by atoms with Gasteiger partial charge in [-0.1, -0.05) is 30.7 Å². The summed E-state index contributed by atoms with van der Waals surface area (Å²) in [7, 11) is 0. The zero-order chi connectivity index (χ0) is 16.8. The van der Waals surface area contributed by atoms with Crippen molar-refractivity contribution in [2.24, 2.45) is 0 Å². The van der Waals surface area contributed by atoms with E-state index >= 15 is 0 Å². The average molecular weight is 346 g/mol. The lowest BCUT2D eigenvalue weighted by molar-refractivity contribution is 0.270. The van der Waals surface area contributed by atoms with Crippen LogP contribution in [0.5, 0.6) is 0 Å². The van der Waals surface area contributed by atoms with E-state index in [0.717, 1.165) is 62.5 Å². The molecule has 2 aromatic rings. The fraction of sp³-hybridized carbons (Fsp3) is 0.444. The second-order valence-corrected chi connectivity index (χ2v) is 6.40. The lowest BCUT2D eigenvalue weighted by atomic mass is 10.1. The first-order valence-electron chi connectivity index (χ1n) is 8.53. The monoisotopic (exact) mass is 345 g/mol. The highest BCUT2D eigenvalue weighted by molar-refractivity contribution is 6.30. The van der Waals surface area contributed by atoms with E-state index < -0.39 is 0 Å². The fourth-order valence-electron chi connectivity index (χ4n) is 2.85. The second kappa shape index (κ2) is 8.31. The number of hydrogen-bond acceptors (Lipinski definition) is 5. The van der Waals surface area contributed by atoms with Gasteiger partial charge in [0.05, 0.1) is 0 Å². The normalized spacial score (nSPS) is 15.5. The van der Waals surface area contributed by atoms with Gasteiger partial charge in [0.15, 0.2) is 0 Å². The molecular weight excluding hydrogens is 322 g/mol. The van der Waals surface area contributed by atoms with E-state index in [1.165, 1.54) is 5.56 Å². The third-order valence-electron chi connectivity index (χ3n) is 4.38. The van der Waals surface area contributed by atoms with Crippen molar-refractivity contribution in [3.63, 3.8) is 0 Å². The molecule has 0 saturated carbocycles. The summed E-state index contributed by atoms with van der Waals surface area (Å²) in [5, 5.41) is 4.16. The van der Waals surface area contributed by atoms with E-state index in [-0.39, 0.29) is 0 Å². The Morgan fingerprint density at radius 2 is 1.83 bits per heavy atom. The molecule has 1 aromatic carbocycles. The Bertz CT molecular complexity index is 638. The van der Waals surface area contributed by atoms with Crippen molar-refractivity contribution >= 4 is 23.4 Å². The smallest absolute Gasteiger partial charge is 0.227 e. The highest BCUT2D eigenvalue weighted by Gasteiger charge is 2.17. The largest absolute Gasteiger partial charge is 0.370 e. The molecule has 1 aliphatic heterocycles. The summed E-state index contributed by atoms with van der Waals surface area (Å²) >= 11 is 5.91. The summed E-state index contributed by atoms with van der Waals surface area (Å²) < 4.78 is 0. The minimum Gasteiger partial charge on any atom is -0.370 e. The third-order valence-corrected chi connectivity index (χ3v) is 4.63. The first kappa shape index (κ1) is 17.0. The molecule has 1 saturated heterocycles. The number of anilines is 2. The zero-order valence-electron chi connectivity index (χ0n) is 14.1. The van der Waals surface area contributed by atoms with Crippen molar-refractivity contribution in [2.45, 2.75) is 13.3 Å². The fourth-order valence-corrected chi connectivity index (χ4v) is 2.98. The standard InChI is InChI=1S/C18H24ClN5/c1-2-23-11-13-24(14-12-23)18-21-10-8-17(22-18)20-9-7-15-3-5-16(19)6-4-15/h3-6,8,10H,2,7,9,11-14H2,1H3,(H,20,21,22). The molecule has 0 bridgehead atoms. The molecule has 3 rings (SSSR count). The second-order valence-electron chi connectivity index (χ2n) is 5.97. The lowest BCUT2D eigenvalue weighted by Gasteiger charge is -2.34. The van der Waals surface area contributed by atoms with Gasteiger partial charge in [0.2, 0.25) is 5.95 Å². The van der Waals surface area contributed by atoms with Crippen LogP contribution in [-0.2, 0) is 6.42 Å². The van der Waals surface area contributed by atoms with E-state index in [1.54, 1.807) is 0 Å². The molecule has 0 spiro atoms. The van der Waals surface area contributed by atoms with Gasteiger partial charge in [-0.15, -0.1) is 0 Å². The third kappa shape index (κ3) is 4.58. The summed E-state index contributed by atoms with van der Waals surface area (Å²) in [5.74, 6) is 1.70. The van der Waals surface area contributed by atoms with E-state index in [2.05, 4.69) is 44.1 Å². The van der Waals surface area contributed by atoms with Gasteiger partial charge in [-0.05, 0) is 36.7 Å². The number of halogens is 1. The molecule has 24 heavy (non-hydrogen) atoms. The van der Waals surface area contributed by atoms with Gasteiger partial charge in [0.1, 0.15) is 5.82 Å². The summed E-state index contributed by atoms with van der Waals surface area (Å²) in [6.07, 6.45) is 2.77. The molecule has 1 fully saturated rings. The van der Waals surface area contributed by atoms with Gasteiger partial charge in [-0.3, -0.25) is 0 Å². The Morgan fingerprint density at radius 1 is 1.08 bits per heavy atom. The van der Waals surface area contributed by atoms with Gasteiger partial charge in [0, 0.05) is 43.9 Å². The molecule has 0 unspecified atom stereocenters. The first-order chi connectivity index (χ1) is 11.7. The maximum Gasteiger partial charge on any atom is 0.227 e. The molecule has 1 aromatic heterocycles. The van der Waals surface area contributed by atoms with Crippen molar-refractivity contribution < 1.29 is 0 Å². The van der Waals surface area contributed by atoms with Gasteiger partial charge in [0.25, 0.3) is 0 Å². The van der Waals surface area contributed by atoms with Crippen molar-refractivity contribution in [2.75, 3.05) is 49.5 Å². The molecular formula is C18H24ClN5. The molecule has 128 valence electrons. The van der Waals surface area contributed by atoms with Crippen molar-refractivity contribution in [3.05, 3.63) is 47.1 Å². The number of piperazine rings is 1. The van der Waals surface area contributed by atoms with Crippen molar-refractivity contribution in [3.8, 4) is 0 Å². The number of nitrogens with zero attached hydrogens (tertiary/aromatic N) is 4. The molecule has 0 amide bonds. The number of nitrogens with one attached hydrogen (secondary N) is 1. The molecule has 0 radical (unpaired) electrons. The average Bonchev–Trinajstić information content (AvgIpc) is 2.64. The van der Waals surface area contributed by atoms with Crippen LogP contribution in [0.2, 0.25) is 5.02 Å². The molecule has 0 atom stereocenters. The van der Waals surface area contributed by atoms with Crippen LogP contribution >= 0.6 is 11.6 Å². The van der Waals surface area contributed by atoms with E-state index in [9.17, 15) is 0 Å². The Balaban J connectivity index is 1.52. The zero-order valence-corrected chi connectivity index (χ0v) is 14.8. The minimum atomic E-state index is 0.773. The maximum atomic E-state index is 5.91. The summed E-state index contributed by atoms with van der Waals surface area (Å²) in [4.78, 5) is 13.8. The van der Waals surface area contributed by atoms with Crippen LogP contribution in [0.15, 0.2) is 36.5 Å². The van der Waals surface area contributed by atoms with Crippen LogP contribution in [-0.4, -0.2) is 54.1 Å². The van der Waals surface area contributed by atoms with Crippen LogP contribution < -0.4 is 10.2 Å². The predicted molar refractivity (Wildman–Crippen MR) is 100 cm³/mol. The van der Waals surface area contributed by atoms with Gasteiger partial charge in [-0.2, -0.15) is 4.98 Å². The van der Waals surface area contributed by atoms with Crippen molar-refractivity contribution in [1.82, 2.24) is 14.9 Å². The first-order valence-corrected chi connectivity index (χ1v) is 8.91. The molecule has 1 aliphatic rings. The van der Waals surface area contributed by atoms with Crippen molar-refractivity contribution in [1.29, 1.82) is 0 Å². The maximum absolute atomic E-state index is 5.91. The topological polar surface area (TPSA) is 44.3 Å². The Hall–Kier alpha value is -1.85. The van der Waals surface area contributed by atoms with Crippen LogP contribution in [0.4, 0.5) is 11.8 Å². The molecule has 6 heteroatoms. The Kier molecular flexibility index (Phi) is 5.88. The SMILES string of the molecule is CCN1CCN(c2nccc(NCCc3ccc(Cl)cc3)n2)CC1. The number of likely N-dealkylation sites (N-methyl/N-ethyl adjacent to an activating group) is 1. The lowest BCUT2D eigenvalue weighted by Crippen LogP contribution is -2.46. The van der Waals surface area contributed by atoms with Crippen LogP contribution in [0.3, 0.4) is 0 Å². The number of hydrogen-bond donors (Lipinski definition) is 1. The minimum absolute atomic E-state index is 0.773. The predicted octanol–water partition coefficient (Wildman–Crippen LogP) is 2.93. The highest BCUT2D eigenvalue weighted by atomic mass is 35.5. The van der Waals surface area contributed by atoms with Crippen LogP contribution in [0, 0.1) is 0 Å². The van der Waals surface area contributed by atoms with E-state index in [0.29, 0.717) is 0 Å². The quantitative estimate of drug-likeness (QED) is 0.872. The van der Waals surface area contributed by atoms with Gasteiger partial charge < -0.3 is 15.1 Å². The Morgan fingerprint density at radius 3 is 2.54 bits per heavy atom. The summed E-state index contributed by atoms with van der Waals surface area (Å²) in [5.41, 5.74) is 1.26. The van der Waals surface area contributed by atoms with Crippen LogP contribution in [0.1, 0.15) is 12.5 Å². The highest BCUT2D eigenvalue weighted by Crippen LogP contribution is 2.14. The van der Waals surface area contributed by atoms with E-state index in [1.807, 2.05) is 24.4 Å². The summed E-state index contributed by atoms with van der Waals surface area (Å²) in [6.45, 7) is 8.28. The van der Waals surface area contributed by atoms with Crippen LogP contribution in [0.25, 0.3) is 0 Å². The van der Waals surface area contributed by atoms with Gasteiger partial charge in [-0.25, -0.2) is 4.98 Å². The van der Waals surface area contributed by atoms with Gasteiger partial charge >= 0.3 is 0 Å². The number of aromatic nitrogens is 2. The molecule has 0 aliphatic carbocycles. The summed E-state index contributed by atoms with van der Waals surface area (Å²) in [6, 6.07) is 9.89. The number of benzene rings is 1. The molecule has 2 heterocycles. The molecule has 1 N–H and O–H groups in total. The Labute approximate surface area is 148 Å². The molecule has 5 nitrogen and oxygen atoms in total. The number of rotatable bonds is 6. The van der Waals surface area contributed by atoms with E-state index in [4.69, 9.17) is 11.6 Å².